The monoisotopic (exact) mass is 412 g/mol. The van der Waals surface area contributed by atoms with Gasteiger partial charge in [0.25, 0.3) is 0 Å². The summed E-state index contributed by atoms with van der Waals surface area (Å²) in [5, 5.41) is 4.09. The molecule has 3 amide bonds. The van der Waals surface area contributed by atoms with Gasteiger partial charge in [-0.1, -0.05) is 29.3 Å². The lowest BCUT2D eigenvalue weighted by molar-refractivity contribution is -0.138. The number of benzene rings is 1. The summed E-state index contributed by atoms with van der Waals surface area (Å²) in [5.74, 6) is -0.609. The van der Waals surface area contributed by atoms with Gasteiger partial charge in [-0.25, -0.2) is 0 Å². The van der Waals surface area contributed by atoms with Crippen LogP contribution in [0, 0.1) is 0 Å². The number of nitrogens with zero attached hydrogens (tertiary/aromatic N) is 1. The molecule has 2 heterocycles. The fourth-order valence-electron chi connectivity index (χ4n) is 3.66. The topological polar surface area (TPSA) is 75.7 Å². The molecular formula is C19H22Cl2N2O4. The molecule has 0 unspecified atom stereocenters. The number of nitrogens with one attached hydrogen (secondary N) is 1. The second kappa shape index (κ2) is 8.59. The highest BCUT2D eigenvalue weighted by Gasteiger charge is 2.36. The Labute approximate surface area is 168 Å². The van der Waals surface area contributed by atoms with Crippen molar-refractivity contribution in [2.45, 2.75) is 37.5 Å². The minimum Gasteiger partial charge on any atom is -0.381 e. The summed E-state index contributed by atoms with van der Waals surface area (Å²) in [5.41, 5.74) is 0.622. The number of hydrogen-bond acceptors (Lipinski definition) is 4. The van der Waals surface area contributed by atoms with Gasteiger partial charge in [0, 0.05) is 61.0 Å². The summed E-state index contributed by atoms with van der Waals surface area (Å²) in [7, 11) is 0. The fraction of sp³-hybridized carbons (Fsp3) is 0.526. The molecule has 0 radical (unpaired) electrons. The Morgan fingerprint density at radius 3 is 2.44 bits per heavy atom. The molecule has 0 saturated carbocycles. The van der Waals surface area contributed by atoms with Crippen LogP contribution in [0.2, 0.25) is 10.0 Å². The predicted octanol–water partition coefficient (Wildman–Crippen LogP) is 2.70. The van der Waals surface area contributed by atoms with Crippen LogP contribution in [0.4, 0.5) is 0 Å². The van der Waals surface area contributed by atoms with Gasteiger partial charge in [-0.05, 0) is 30.5 Å². The number of ether oxygens (including phenoxy) is 1. The highest BCUT2D eigenvalue weighted by atomic mass is 35.5. The van der Waals surface area contributed by atoms with E-state index in [0.717, 1.165) is 18.4 Å². The van der Waals surface area contributed by atoms with Gasteiger partial charge >= 0.3 is 0 Å². The van der Waals surface area contributed by atoms with Crippen molar-refractivity contribution in [2.24, 2.45) is 0 Å². The predicted molar refractivity (Wildman–Crippen MR) is 102 cm³/mol. The van der Waals surface area contributed by atoms with Crippen molar-refractivity contribution in [3.8, 4) is 0 Å². The van der Waals surface area contributed by atoms with Crippen molar-refractivity contribution in [1.29, 1.82) is 0 Å². The molecule has 0 aliphatic carbocycles. The maximum atomic E-state index is 12.3. The first kappa shape index (κ1) is 20.1. The number of carbonyl (C=O) groups is 3. The van der Waals surface area contributed by atoms with Gasteiger partial charge in [0.15, 0.2) is 0 Å². The van der Waals surface area contributed by atoms with Crippen molar-refractivity contribution in [3.05, 3.63) is 33.8 Å². The van der Waals surface area contributed by atoms with Crippen LogP contribution in [0.5, 0.6) is 0 Å². The van der Waals surface area contributed by atoms with Gasteiger partial charge in [0.05, 0.1) is 0 Å². The first-order chi connectivity index (χ1) is 12.9. The summed E-state index contributed by atoms with van der Waals surface area (Å²) in [6.07, 6.45) is 2.03. The van der Waals surface area contributed by atoms with E-state index in [1.54, 1.807) is 12.1 Å². The Kier molecular flexibility index (Phi) is 6.40. The van der Waals surface area contributed by atoms with E-state index in [0.29, 0.717) is 29.8 Å². The Balaban J connectivity index is 1.64. The highest BCUT2D eigenvalue weighted by molar-refractivity contribution is 6.35. The van der Waals surface area contributed by atoms with Gasteiger partial charge in [-0.3, -0.25) is 19.3 Å². The zero-order valence-corrected chi connectivity index (χ0v) is 16.4. The third-order valence-electron chi connectivity index (χ3n) is 5.29. The van der Waals surface area contributed by atoms with E-state index >= 15 is 0 Å². The third kappa shape index (κ3) is 4.62. The van der Waals surface area contributed by atoms with Crippen LogP contribution in [0.25, 0.3) is 0 Å². The second-order valence-electron chi connectivity index (χ2n) is 6.98. The first-order valence-electron chi connectivity index (χ1n) is 9.04. The van der Waals surface area contributed by atoms with E-state index in [9.17, 15) is 14.4 Å². The summed E-state index contributed by atoms with van der Waals surface area (Å²) in [6, 6.07) is 5.41. The van der Waals surface area contributed by atoms with Gasteiger partial charge in [0.1, 0.15) is 0 Å². The fourth-order valence-corrected chi connectivity index (χ4v) is 4.27. The van der Waals surface area contributed by atoms with Crippen LogP contribution < -0.4 is 5.32 Å². The summed E-state index contributed by atoms with van der Waals surface area (Å²) < 4.78 is 5.49. The average Bonchev–Trinajstić information content (AvgIpc) is 2.97. The Morgan fingerprint density at radius 1 is 1.15 bits per heavy atom. The molecule has 0 spiro atoms. The van der Waals surface area contributed by atoms with Crippen LogP contribution in [-0.4, -0.2) is 48.9 Å². The van der Waals surface area contributed by atoms with Crippen molar-refractivity contribution < 1.29 is 19.1 Å². The van der Waals surface area contributed by atoms with E-state index in [1.165, 1.54) is 4.90 Å². The van der Waals surface area contributed by atoms with E-state index < -0.39 is 0 Å². The van der Waals surface area contributed by atoms with Crippen molar-refractivity contribution in [3.63, 3.8) is 0 Å². The van der Waals surface area contributed by atoms with Crippen LogP contribution in [0.1, 0.15) is 37.7 Å². The summed E-state index contributed by atoms with van der Waals surface area (Å²) in [4.78, 5) is 36.8. The standard InChI is InChI=1S/C19H22Cl2N2O4/c20-13-1-2-14(15(21)11-13)19(6-9-27-10-7-19)12-22-16(24)5-8-23-17(25)3-4-18(23)26/h1-2,11H,3-10,12H2,(H,22,24). The molecule has 27 heavy (non-hydrogen) atoms. The van der Waals surface area contributed by atoms with Crippen molar-refractivity contribution >= 4 is 40.9 Å². The highest BCUT2D eigenvalue weighted by Crippen LogP contribution is 2.39. The molecule has 2 saturated heterocycles. The zero-order valence-electron chi connectivity index (χ0n) is 14.9. The zero-order chi connectivity index (χ0) is 19.4. The van der Waals surface area contributed by atoms with Crippen LogP contribution in [-0.2, 0) is 24.5 Å². The number of rotatable bonds is 6. The van der Waals surface area contributed by atoms with Gasteiger partial charge in [-0.15, -0.1) is 0 Å². The minimum atomic E-state index is -0.325. The molecular weight excluding hydrogens is 391 g/mol. The van der Waals surface area contributed by atoms with E-state index in [-0.39, 0.29) is 48.9 Å². The van der Waals surface area contributed by atoms with Gasteiger partial charge < -0.3 is 10.1 Å². The number of halogens is 2. The van der Waals surface area contributed by atoms with Crippen molar-refractivity contribution in [1.82, 2.24) is 10.2 Å². The van der Waals surface area contributed by atoms with Gasteiger partial charge in [-0.2, -0.15) is 0 Å². The molecule has 6 nitrogen and oxygen atoms in total. The van der Waals surface area contributed by atoms with E-state index in [2.05, 4.69) is 5.32 Å². The lowest BCUT2D eigenvalue weighted by Crippen LogP contribution is -2.45. The Morgan fingerprint density at radius 2 is 1.81 bits per heavy atom. The molecule has 1 aromatic rings. The van der Waals surface area contributed by atoms with Gasteiger partial charge in [0.2, 0.25) is 17.7 Å². The Hall–Kier alpha value is -1.63. The van der Waals surface area contributed by atoms with E-state index in [4.69, 9.17) is 27.9 Å². The Bertz CT molecular complexity index is 731. The quantitative estimate of drug-likeness (QED) is 0.728. The number of amides is 3. The molecule has 0 aromatic heterocycles. The van der Waals surface area contributed by atoms with Crippen molar-refractivity contribution in [2.75, 3.05) is 26.3 Å². The average molecular weight is 413 g/mol. The molecule has 0 bridgehead atoms. The molecule has 1 aromatic carbocycles. The largest absolute Gasteiger partial charge is 0.381 e. The number of hydrogen-bond donors (Lipinski definition) is 1. The molecule has 2 aliphatic rings. The maximum absolute atomic E-state index is 12.3. The number of carbonyl (C=O) groups excluding carboxylic acids is 3. The molecule has 0 atom stereocenters. The van der Waals surface area contributed by atoms with E-state index in [1.807, 2.05) is 6.07 Å². The third-order valence-corrected chi connectivity index (χ3v) is 5.84. The van der Waals surface area contributed by atoms with Crippen LogP contribution >= 0.6 is 23.2 Å². The number of likely N-dealkylation sites (tertiary alicyclic amines) is 1. The molecule has 1 N–H and O–H groups in total. The molecule has 8 heteroatoms. The van der Waals surface area contributed by atoms with Crippen LogP contribution in [0.3, 0.4) is 0 Å². The molecule has 2 fully saturated rings. The minimum absolute atomic E-state index is 0.0956. The SMILES string of the molecule is O=C(CCN1C(=O)CCC1=O)NCC1(c2ccc(Cl)cc2Cl)CCOCC1. The first-order valence-corrected chi connectivity index (χ1v) is 9.80. The summed E-state index contributed by atoms with van der Waals surface area (Å²) in [6.45, 7) is 1.72. The molecule has 146 valence electrons. The van der Waals surface area contributed by atoms with Crippen LogP contribution in [0.15, 0.2) is 18.2 Å². The second-order valence-corrected chi connectivity index (χ2v) is 7.83. The number of imide groups is 1. The smallest absolute Gasteiger partial charge is 0.229 e. The normalized spacial score (nSPS) is 19.4. The lowest BCUT2D eigenvalue weighted by Gasteiger charge is -2.38. The molecule has 2 aliphatic heterocycles. The summed E-state index contributed by atoms with van der Waals surface area (Å²) >= 11 is 12.4. The lowest BCUT2D eigenvalue weighted by atomic mass is 9.74. The maximum Gasteiger partial charge on any atom is 0.229 e. The molecule has 3 rings (SSSR count).